The Morgan fingerprint density at radius 1 is 0.935 bits per heavy atom. The smallest absolute Gasteiger partial charge is 0.406 e. The molecule has 1 aromatic heterocycles. The van der Waals surface area contributed by atoms with E-state index < -0.39 is 6.09 Å². The van der Waals surface area contributed by atoms with Crippen molar-refractivity contribution in [1.29, 1.82) is 0 Å². The lowest BCUT2D eigenvalue weighted by Gasteiger charge is -2.08. The van der Waals surface area contributed by atoms with E-state index >= 15 is 0 Å². The average Bonchev–Trinajstić information content (AvgIpc) is 3.30. The van der Waals surface area contributed by atoms with E-state index in [9.17, 15) is 9.59 Å². The highest BCUT2D eigenvalue weighted by atomic mass is 32.1. The van der Waals surface area contributed by atoms with Gasteiger partial charge in [-0.25, -0.2) is 9.78 Å². The first-order valence-corrected chi connectivity index (χ1v) is 10.7. The van der Waals surface area contributed by atoms with E-state index in [0.717, 1.165) is 10.8 Å². The highest BCUT2D eigenvalue weighted by molar-refractivity contribution is 7.13. The fourth-order valence-electron chi connectivity index (χ4n) is 2.26. The molecule has 2 amide bonds. The van der Waals surface area contributed by atoms with Crippen LogP contribution in [0.15, 0.2) is 35.8 Å². The van der Waals surface area contributed by atoms with Gasteiger partial charge >= 0.3 is 6.09 Å². The Bertz CT molecular complexity index is 758. The fraction of sp³-hybridized carbons (Fsp3) is 0.450. The van der Waals surface area contributed by atoms with Crippen LogP contribution in [0.3, 0.4) is 0 Å². The number of hydrogen-bond donors (Lipinski definition) is 3. The van der Waals surface area contributed by atoms with Crippen LogP contribution in [-0.2, 0) is 18.9 Å². The van der Waals surface area contributed by atoms with Crippen molar-refractivity contribution >= 4 is 34.2 Å². The van der Waals surface area contributed by atoms with Crippen molar-refractivity contribution in [2.24, 2.45) is 0 Å². The molecule has 1 heterocycles. The standard InChI is InChI=1S/C20H28N4O6S/c1-21-20(26)30-14-13-29-12-11-28-10-9-27-8-6-22-18(25)16-2-4-17(5-3-16)24-19-23-7-15-31-19/h2-5,7,15H,6,8-14H2,1H3,(H,21,26)(H,22,25)(H,23,24). The molecule has 0 unspecified atom stereocenters. The Balaban J connectivity index is 1.42. The summed E-state index contributed by atoms with van der Waals surface area (Å²) in [6, 6.07) is 7.19. The van der Waals surface area contributed by atoms with E-state index in [4.69, 9.17) is 18.9 Å². The van der Waals surface area contributed by atoms with Gasteiger partial charge in [-0.2, -0.15) is 0 Å². The number of nitrogens with one attached hydrogen (secondary N) is 3. The second-order valence-electron chi connectivity index (χ2n) is 6.02. The number of hydrogen-bond acceptors (Lipinski definition) is 9. The minimum absolute atomic E-state index is 0.154. The van der Waals surface area contributed by atoms with E-state index in [1.807, 2.05) is 17.5 Å². The maximum atomic E-state index is 12.1. The summed E-state index contributed by atoms with van der Waals surface area (Å²) in [6.07, 6.45) is 1.25. The van der Waals surface area contributed by atoms with Crippen molar-refractivity contribution in [3.63, 3.8) is 0 Å². The lowest BCUT2D eigenvalue weighted by molar-refractivity contribution is 0.00631. The van der Waals surface area contributed by atoms with E-state index in [1.54, 1.807) is 18.3 Å². The number of amides is 2. The lowest BCUT2D eigenvalue weighted by Crippen LogP contribution is -2.27. The third-order valence-corrected chi connectivity index (χ3v) is 4.46. The van der Waals surface area contributed by atoms with Gasteiger partial charge in [0.2, 0.25) is 0 Å². The predicted molar refractivity (Wildman–Crippen MR) is 117 cm³/mol. The van der Waals surface area contributed by atoms with Gasteiger partial charge in [0.1, 0.15) is 6.61 Å². The van der Waals surface area contributed by atoms with Crippen molar-refractivity contribution in [2.45, 2.75) is 0 Å². The highest BCUT2D eigenvalue weighted by Gasteiger charge is 2.05. The summed E-state index contributed by atoms with van der Waals surface area (Å²) >= 11 is 1.51. The molecule has 0 fully saturated rings. The number of nitrogens with zero attached hydrogens (tertiary/aromatic N) is 1. The average molecular weight is 453 g/mol. The molecule has 0 aliphatic carbocycles. The van der Waals surface area contributed by atoms with Crippen molar-refractivity contribution in [1.82, 2.24) is 15.6 Å². The van der Waals surface area contributed by atoms with Crippen LogP contribution in [0.4, 0.5) is 15.6 Å². The monoisotopic (exact) mass is 452 g/mol. The zero-order valence-corrected chi connectivity index (χ0v) is 18.2. The summed E-state index contributed by atoms with van der Waals surface area (Å²) in [4.78, 5) is 27.1. The molecule has 2 rings (SSSR count). The van der Waals surface area contributed by atoms with E-state index in [-0.39, 0.29) is 12.5 Å². The molecule has 0 atom stereocenters. The van der Waals surface area contributed by atoms with Crippen LogP contribution in [0.25, 0.3) is 0 Å². The number of aromatic nitrogens is 1. The van der Waals surface area contributed by atoms with Gasteiger partial charge in [-0.05, 0) is 24.3 Å². The minimum atomic E-state index is -0.481. The van der Waals surface area contributed by atoms with Crippen molar-refractivity contribution in [3.8, 4) is 0 Å². The SMILES string of the molecule is CNC(=O)OCCOCCOCCOCCNC(=O)c1ccc(Nc2nccs2)cc1. The molecular formula is C20H28N4O6S. The fourth-order valence-corrected chi connectivity index (χ4v) is 2.81. The number of ether oxygens (including phenoxy) is 4. The third kappa shape index (κ3) is 10.7. The van der Waals surface area contributed by atoms with Gasteiger partial charge in [0.15, 0.2) is 5.13 Å². The van der Waals surface area contributed by atoms with Gasteiger partial charge in [-0.3, -0.25) is 4.79 Å². The summed E-state index contributed by atoms with van der Waals surface area (Å²) in [5.41, 5.74) is 1.45. The van der Waals surface area contributed by atoms with E-state index in [0.29, 0.717) is 51.7 Å². The van der Waals surface area contributed by atoms with Gasteiger partial charge < -0.3 is 34.9 Å². The summed E-state index contributed by atoms with van der Waals surface area (Å²) in [6.45, 7) is 3.00. The summed E-state index contributed by atoms with van der Waals surface area (Å²) in [5, 5.41) is 11.0. The number of rotatable bonds is 15. The molecule has 0 aliphatic rings. The van der Waals surface area contributed by atoms with Gasteiger partial charge in [-0.1, -0.05) is 0 Å². The van der Waals surface area contributed by atoms with Crippen LogP contribution in [0, 0.1) is 0 Å². The summed E-state index contributed by atoms with van der Waals surface area (Å²) in [7, 11) is 1.50. The molecule has 0 radical (unpaired) electrons. The Labute approximate surface area is 185 Å². The lowest BCUT2D eigenvalue weighted by atomic mass is 10.2. The van der Waals surface area contributed by atoms with Crippen LogP contribution < -0.4 is 16.0 Å². The Hall–Kier alpha value is -2.73. The summed E-state index contributed by atoms with van der Waals surface area (Å²) in [5.74, 6) is -0.154. The molecule has 31 heavy (non-hydrogen) atoms. The van der Waals surface area contributed by atoms with Gasteiger partial charge in [0.25, 0.3) is 5.91 Å². The third-order valence-electron chi connectivity index (χ3n) is 3.77. The van der Waals surface area contributed by atoms with E-state index in [2.05, 4.69) is 20.9 Å². The van der Waals surface area contributed by atoms with Gasteiger partial charge in [0.05, 0.1) is 39.6 Å². The Kier molecular flexibility index (Phi) is 12.0. The molecule has 11 heteroatoms. The molecule has 0 aliphatic heterocycles. The zero-order chi connectivity index (χ0) is 22.2. The second-order valence-corrected chi connectivity index (χ2v) is 6.91. The summed E-state index contributed by atoms with van der Waals surface area (Å²) < 4.78 is 20.8. The number of carbonyl (C=O) groups is 2. The minimum Gasteiger partial charge on any atom is -0.447 e. The first-order valence-electron chi connectivity index (χ1n) is 9.81. The molecule has 0 saturated carbocycles. The topological polar surface area (TPSA) is 120 Å². The van der Waals surface area contributed by atoms with Gasteiger partial charge in [0, 0.05) is 36.4 Å². The quantitative estimate of drug-likeness (QED) is 0.351. The van der Waals surface area contributed by atoms with E-state index in [1.165, 1.54) is 18.4 Å². The molecular weight excluding hydrogens is 424 g/mol. The molecule has 3 N–H and O–H groups in total. The molecule has 0 bridgehead atoms. The number of benzene rings is 1. The van der Waals surface area contributed by atoms with Crippen molar-refractivity contribution in [3.05, 3.63) is 41.4 Å². The van der Waals surface area contributed by atoms with Crippen LogP contribution in [0.2, 0.25) is 0 Å². The second kappa shape index (κ2) is 15.1. The van der Waals surface area contributed by atoms with Crippen molar-refractivity contribution in [2.75, 3.05) is 65.2 Å². The molecule has 1 aromatic carbocycles. The van der Waals surface area contributed by atoms with Crippen LogP contribution in [0.5, 0.6) is 0 Å². The molecule has 170 valence electrons. The molecule has 2 aromatic rings. The Morgan fingerprint density at radius 2 is 1.58 bits per heavy atom. The van der Waals surface area contributed by atoms with Crippen molar-refractivity contribution < 1.29 is 28.5 Å². The maximum absolute atomic E-state index is 12.1. The number of thiazole rings is 1. The number of anilines is 2. The zero-order valence-electron chi connectivity index (χ0n) is 17.4. The normalized spacial score (nSPS) is 10.5. The Morgan fingerprint density at radius 3 is 2.19 bits per heavy atom. The van der Waals surface area contributed by atoms with Gasteiger partial charge in [-0.15, -0.1) is 11.3 Å². The predicted octanol–water partition coefficient (Wildman–Crippen LogP) is 2.02. The van der Waals surface area contributed by atoms with Crippen LogP contribution in [0.1, 0.15) is 10.4 Å². The molecule has 10 nitrogen and oxygen atoms in total. The number of carbonyl (C=O) groups excluding carboxylic acids is 2. The first kappa shape index (κ1) is 24.5. The first-order chi connectivity index (χ1) is 15.2. The number of alkyl carbamates (subject to hydrolysis) is 1. The maximum Gasteiger partial charge on any atom is 0.406 e. The molecule has 0 saturated heterocycles. The molecule has 0 spiro atoms. The highest BCUT2D eigenvalue weighted by Crippen LogP contribution is 2.18. The van der Waals surface area contributed by atoms with Crippen LogP contribution in [-0.4, -0.2) is 76.8 Å². The largest absolute Gasteiger partial charge is 0.447 e. The van der Waals surface area contributed by atoms with Crippen LogP contribution >= 0.6 is 11.3 Å².